The van der Waals surface area contributed by atoms with Crippen LogP contribution < -0.4 is 10.1 Å². The average molecular weight is 362 g/mol. The van der Waals surface area contributed by atoms with E-state index in [2.05, 4.69) is 31.3 Å². The molecule has 4 aliphatic carbocycles. The summed E-state index contributed by atoms with van der Waals surface area (Å²) in [5.41, 5.74) is 1.81. The van der Waals surface area contributed by atoms with Gasteiger partial charge >= 0.3 is 0 Å². The number of hydrogen-bond acceptors (Lipinski definition) is 2. The molecule has 4 bridgehead atoms. The first kappa shape index (κ1) is 17.7. The van der Waals surface area contributed by atoms with Crippen LogP contribution in [0.3, 0.4) is 0 Å². The quantitative estimate of drug-likeness (QED) is 0.660. The third-order valence-electron chi connectivity index (χ3n) is 7.07. The summed E-state index contributed by atoms with van der Waals surface area (Å²) in [5.74, 6) is 3.85. The van der Waals surface area contributed by atoms with Crippen molar-refractivity contribution in [2.45, 2.75) is 71.4 Å². The maximum atomic E-state index is 6.38. The summed E-state index contributed by atoms with van der Waals surface area (Å²) in [7, 11) is 0. The van der Waals surface area contributed by atoms with Gasteiger partial charge in [0, 0.05) is 12.6 Å². The Balaban J connectivity index is 1.37. The SMILES string of the molecule is CCCOc1ccc(CNC(C)C23CC4CC(CC(C4)C2)C3)cc1Cl. The Morgan fingerprint density at radius 1 is 1.16 bits per heavy atom. The monoisotopic (exact) mass is 361 g/mol. The van der Waals surface area contributed by atoms with Crippen molar-refractivity contribution >= 4 is 11.6 Å². The second-order valence-electron chi connectivity index (χ2n) is 9.00. The summed E-state index contributed by atoms with van der Waals surface area (Å²) in [6.07, 6.45) is 9.91. The van der Waals surface area contributed by atoms with Gasteiger partial charge in [0.05, 0.1) is 11.6 Å². The minimum atomic E-state index is 0.558. The summed E-state index contributed by atoms with van der Waals surface area (Å²) in [4.78, 5) is 0. The van der Waals surface area contributed by atoms with Crippen LogP contribution in [-0.2, 0) is 6.54 Å². The van der Waals surface area contributed by atoms with Gasteiger partial charge in [0.15, 0.2) is 0 Å². The van der Waals surface area contributed by atoms with Crippen LogP contribution in [0, 0.1) is 23.2 Å². The maximum absolute atomic E-state index is 6.38. The van der Waals surface area contributed by atoms with Gasteiger partial charge in [-0.2, -0.15) is 0 Å². The van der Waals surface area contributed by atoms with Crippen molar-refractivity contribution in [1.29, 1.82) is 0 Å². The topological polar surface area (TPSA) is 21.3 Å². The standard InChI is InChI=1S/C22H32ClNO/c1-3-6-25-21-5-4-16(10-20(21)23)14-24-15(2)22-11-17-7-18(12-22)9-19(8-17)13-22/h4-5,10,15,17-19,24H,3,6-9,11-14H2,1-2H3. The highest BCUT2D eigenvalue weighted by Gasteiger charge is 2.52. The van der Waals surface area contributed by atoms with E-state index in [1.54, 1.807) is 0 Å². The third-order valence-corrected chi connectivity index (χ3v) is 7.37. The molecule has 0 heterocycles. The second-order valence-corrected chi connectivity index (χ2v) is 9.40. The van der Waals surface area contributed by atoms with E-state index < -0.39 is 0 Å². The van der Waals surface area contributed by atoms with E-state index in [4.69, 9.17) is 16.3 Å². The Morgan fingerprint density at radius 2 is 1.80 bits per heavy atom. The molecule has 1 N–H and O–H groups in total. The Kier molecular flexibility index (Phi) is 5.03. The normalized spacial score (nSPS) is 34.3. The Hall–Kier alpha value is -0.730. The molecular formula is C22H32ClNO. The van der Waals surface area contributed by atoms with E-state index in [1.807, 2.05) is 6.07 Å². The van der Waals surface area contributed by atoms with Gasteiger partial charge in [0.2, 0.25) is 0 Å². The van der Waals surface area contributed by atoms with Gasteiger partial charge in [0.1, 0.15) is 5.75 Å². The number of ether oxygens (including phenoxy) is 1. The molecule has 0 spiro atoms. The Labute approximate surface area is 157 Å². The van der Waals surface area contributed by atoms with Gasteiger partial charge in [0.25, 0.3) is 0 Å². The molecule has 0 radical (unpaired) electrons. The third kappa shape index (κ3) is 3.57. The van der Waals surface area contributed by atoms with Crippen LogP contribution in [0.2, 0.25) is 5.02 Å². The highest BCUT2D eigenvalue weighted by molar-refractivity contribution is 6.32. The minimum absolute atomic E-state index is 0.558. The largest absolute Gasteiger partial charge is 0.492 e. The van der Waals surface area contributed by atoms with E-state index in [9.17, 15) is 0 Å². The van der Waals surface area contributed by atoms with Crippen LogP contribution in [0.5, 0.6) is 5.75 Å². The van der Waals surface area contributed by atoms with Crippen molar-refractivity contribution < 1.29 is 4.74 Å². The zero-order valence-electron chi connectivity index (χ0n) is 15.7. The van der Waals surface area contributed by atoms with Crippen molar-refractivity contribution in [2.24, 2.45) is 23.2 Å². The van der Waals surface area contributed by atoms with E-state index >= 15 is 0 Å². The van der Waals surface area contributed by atoms with E-state index in [0.29, 0.717) is 11.5 Å². The number of halogens is 1. The smallest absolute Gasteiger partial charge is 0.137 e. The molecule has 1 atom stereocenters. The lowest BCUT2D eigenvalue weighted by Crippen LogP contribution is -2.54. The molecule has 0 saturated heterocycles. The zero-order chi connectivity index (χ0) is 17.4. The highest BCUT2D eigenvalue weighted by Crippen LogP contribution is 2.61. The van der Waals surface area contributed by atoms with E-state index in [-0.39, 0.29) is 0 Å². The van der Waals surface area contributed by atoms with Crippen LogP contribution in [0.25, 0.3) is 0 Å². The number of benzene rings is 1. The fourth-order valence-electron chi connectivity index (χ4n) is 6.18. The summed E-state index contributed by atoms with van der Waals surface area (Å²) >= 11 is 6.38. The fraction of sp³-hybridized carbons (Fsp3) is 0.727. The van der Waals surface area contributed by atoms with Crippen LogP contribution in [0.4, 0.5) is 0 Å². The Morgan fingerprint density at radius 3 is 2.36 bits per heavy atom. The molecule has 4 saturated carbocycles. The van der Waals surface area contributed by atoms with E-state index in [1.165, 1.54) is 44.1 Å². The average Bonchev–Trinajstić information content (AvgIpc) is 2.57. The molecule has 2 nitrogen and oxygen atoms in total. The molecule has 25 heavy (non-hydrogen) atoms. The molecule has 4 aliphatic rings. The van der Waals surface area contributed by atoms with Crippen LogP contribution in [0.1, 0.15) is 64.4 Å². The number of nitrogens with one attached hydrogen (secondary N) is 1. The molecule has 3 heteroatoms. The molecule has 0 aromatic heterocycles. The molecule has 1 aromatic carbocycles. The zero-order valence-corrected chi connectivity index (χ0v) is 16.4. The first-order chi connectivity index (χ1) is 12.1. The van der Waals surface area contributed by atoms with Gasteiger partial charge in [-0.25, -0.2) is 0 Å². The van der Waals surface area contributed by atoms with Crippen LogP contribution >= 0.6 is 11.6 Å². The lowest BCUT2D eigenvalue weighted by molar-refractivity contribution is -0.0706. The maximum Gasteiger partial charge on any atom is 0.137 e. The lowest BCUT2D eigenvalue weighted by atomic mass is 9.48. The van der Waals surface area contributed by atoms with Gasteiger partial charge in [-0.3, -0.25) is 0 Å². The van der Waals surface area contributed by atoms with Crippen LogP contribution in [0.15, 0.2) is 18.2 Å². The van der Waals surface area contributed by atoms with Crippen molar-refractivity contribution in [3.05, 3.63) is 28.8 Å². The number of hydrogen-bond donors (Lipinski definition) is 1. The molecular weight excluding hydrogens is 330 g/mol. The highest BCUT2D eigenvalue weighted by atomic mass is 35.5. The lowest BCUT2D eigenvalue weighted by Gasteiger charge is -2.59. The minimum Gasteiger partial charge on any atom is -0.492 e. The molecule has 1 unspecified atom stereocenters. The summed E-state index contributed by atoms with van der Waals surface area (Å²) in [6.45, 7) is 6.16. The second kappa shape index (κ2) is 7.12. The summed E-state index contributed by atoms with van der Waals surface area (Å²) < 4.78 is 5.68. The first-order valence-electron chi connectivity index (χ1n) is 10.2. The fourth-order valence-corrected chi connectivity index (χ4v) is 6.44. The van der Waals surface area contributed by atoms with E-state index in [0.717, 1.165) is 48.1 Å². The molecule has 1 aromatic rings. The molecule has 138 valence electrons. The van der Waals surface area contributed by atoms with Gasteiger partial charge in [-0.15, -0.1) is 0 Å². The van der Waals surface area contributed by atoms with Crippen molar-refractivity contribution in [2.75, 3.05) is 6.61 Å². The summed E-state index contributed by atoms with van der Waals surface area (Å²) in [6, 6.07) is 6.82. The van der Waals surface area contributed by atoms with Gasteiger partial charge < -0.3 is 10.1 Å². The number of rotatable bonds is 7. The van der Waals surface area contributed by atoms with Crippen LogP contribution in [-0.4, -0.2) is 12.6 Å². The summed E-state index contributed by atoms with van der Waals surface area (Å²) in [5, 5.41) is 4.58. The predicted octanol–water partition coefficient (Wildman–Crippen LogP) is 5.82. The van der Waals surface area contributed by atoms with Gasteiger partial charge in [-0.05, 0) is 92.7 Å². The molecule has 4 fully saturated rings. The van der Waals surface area contributed by atoms with Gasteiger partial charge in [-0.1, -0.05) is 24.6 Å². The van der Waals surface area contributed by atoms with Crippen molar-refractivity contribution in [1.82, 2.24) is 5.32 Å². The molecule has 0 amide bonds. The predicted molar refractivity (Wildman–Crippen MR) is 104 cm³/mol. The van der Waals surface area contributed by atoms with Crippen molar-refractivity contribution in [3.8, 4) is 5.75 Å². The Bertz CT molecular complexity index is 579. The van der Waals surface area contributed by atoms with Crippen molar-refractivity contribution in [3.63, 3.8) is 0 Å². The first-order valence-corrected chi connectivity index (χ1v) is 10.6. The molecule has 5 rings (SSSR count). The molecule has 0 aliphatic heterocycles.